The number of rotatable bonds is 4. The number of hydrogen-bond donors (Lipinski definition) is 1. The average Bonchev–Trinajstić information content (AvgIpc) is 2.98. The third kappa shape index (κ3) is 3.00. The summed E-state index contributed by atoms with van der Waals surface area (Å²) in [6, 6.07) is 7.91. The SMILES string of the molecule is OC(CCc1cccs1)c1cc(Br)c2c(c1)OCCO2. The second kappa shape index (κ2) is 6.16. The molecule has 5 heteroatoms. The van der Waals surface area contributed by atoms with Gasteiger partial charge >= 0.3 is 0 Å². The van der Waals surface area contributed by atoms with Crippen molar-refractivity contribution >= 4 is 27.3 Å². The van der Waals surface area contributed by atoms with E-state index >= 15 is 0 Å². The molecule has 1 unspecified atom stereocenters. The van der Waals surface area contributed by atoms with Crippen LogP contribution in [-0.4, -0.2) is 18.3 Å². The van der Waals surface area contributed by atoms with Crippen LogP contribution in [0.4, 0.5) is 0 Å². The highest BCUT2D eigenvalue weighted by molar-refractivity contribution is 9.10. The van der Waals surface area contributed by atoms with Crippen LogP contribution in [0.3, 0.4) is 0 Å². The third-order valence-corrected chi connectivity index (χ3v) is 4.77. The molecule has 0 saturated carbocycles. The predicted octanol–water partition coefficient (Wildman–Crippen LogP) is 3.95. The van der Waals surface area contributed by atoms with Crippen molar-refractivity contribution in [2.24, 2.45) is 0 Å². The molecule has 0 fully saturated rings. The monoisotopic (exact) mass is 354 g/mol. The highest BCUT2D eigenvalue weighted by Crippen LogP contribution is 2.40. The topological polar surface area (TPSA) is 38.7 Å². The van der Waals surface area contributed by atoms with E-state index in [0.29, 0.717) is 25.4 Å². The number of aliphatic hydroxyl groups excluding tert-OH is 1. The van der Waals surface area contributed by atoms with Crippen LogP contribution >= 0.6 is 27.3 Å². The molecule has 0 spiro atoms. The van der Waals surface area contributed by atoms with Crippen LogP contribution in [-0.2, 0) is 6.42 Å². The number of hydrogen-bond acceptors (Lipinski definition) is 4. The van der Waals surface area contributed by atoms with E-state index < -0.39 is 6.10 Å². The van der Waals surface area contributed by atoms with Gasteiger partial charge in [-0.15, -0.1) is 11.3 Å². The summed E-state index contributed by atoms with van der Waals surface area (Å²) >= 11 is 5.20. The summed E-state index contributed by atoms with van der Waals surface area (Å²) < 4.78 is 12.0. The van der Waals surface area contributed by atoms with Crippen LogP contribution in [0.1, 0.15) is 23.0 Å². The van der Waals surface area contributed by atoms with Crippen molar-refractivity contribution in [3.8, 4) is 11.5 Å². The summed E-state index contributed by atoms with van der Waals surface area (Å²) in [5.41, 5.74) is 0.859. The smallest absolute Gasteiger partial charge is 0.175 e. The number of fused-ring (bicyclic) bond motifs is 1. The lowest BCUT2D eigenvalue weighted by atomic mass is 10.0. The molecule has 20 heavy (non-hydrogen) atoms. The van der Waals surface area contributed by atoms with Crippen molar-refractivity contribution in [3.05, 3.63) is 44.6 Å². The fourth-order valence-corrected chi connectivity index (χ4v) is 3.52. The zero-order chi connectivity index (χ0) is 13.9. The Labute approximate surface area is 130 Å². The van der Waals surface area contributed by atoms with Crippen molar-refractivity contribution in [3.63, 3.8) is 0 Å². The molecule has 0 saturated heterocycles. The van der Waals surface area contributed by atoms with E-state index in [0.717, 1.165) is 22.2 Å². The fourth-order valence-electron chi connectivity index (χ4n) is 2.22. The Balaban J connectivity index is 1.74. The number of aliphatic hydroxyl groups is 1. The molecule has 3 rings (SSSR count). The van der Waals surface area contributed by atoms with Gasteiger partial charge < -0.3 is 14.6 Å². The molecule has 3 nitrogen and oxygen atoms in total. The van der Waals surface area contributed by atoms with E-state index in [1.807, 2.05) is 18.2 Å². The van der Waals surface area contributed by atoms with Crippen LogP contribution in [0.2, 0.25) is 0 Å². The molecular weight excluding hydrogens is 340 g/mol. The summed E-state index contributed by atoms with van der Waals surface area (Å²) in [5, 5.41) is 12.4. The van der Waals surface area contributed by atoms with E-state index in [2.05, 4.69) is 27.4 Å². The van der Waals surface area contributed by atoms with Crippen molar-refractivity contribution in [2.45, 2.75) is 18.9 Å². The largest absolute Gasteiger partial charge is 0.486 e. The third-order valence-electron chi connectivity index (χ3n) is 3.25. The minimum Gasteiger partial charge on any atom is -0.486 e. The van der Waals surface area contributed by atoms with Gasteiger partial charge in [0.1, 0.15) is 13.2 Å². The Hall–Kier alpha value is -1.04. The summed E-state index contributed by atoms with van der Waals surface area (Å²) in [6.45, 7) is 1.11. The maximum absolute atomic E-state index is 10.3. The van der Waals surface area contributed by atoms with Gasteiger partial charge in [-0.3, -0.25) is 0 Å². The van der Waals surface area contributed by atoms with Crippen LogP contribution in [0.15, 0.2) is 34.1 Å². The molecule has 1 aromatic heterocycles. The quantitative estimate of drug-likeness (QED) is 0.903. The van der Waals surface area contributed by atoms with Gasteiger partial charge in [0, 0.05) is 4.88 Å². The standard InChI is InChI=1S/C15H15BrO3S/c16-12-8-10(9-14-15(12)19-6-5-18-14)13(17)4-3-11-2-1-7-20-11/h1-2,7-9,13,17H,3-6H2. The predicted molar refractivity (Wildman–Crippen MR) is 82.7 cm³/mol. The number of ether oxygens (including phenoxy) is 2. The van der Waals surface area contributed by atoms with Crippen LogP contribution < -0.4 is 9.47 Å². The number of benzene rings is 1. The number of aryl methyl sites for hydroxylation is 1. The lowest BCUT2D eigenvalue weighted by molar-refractivity contribution is 0.159. The second-order valence-electron chi connectivity index (χ2n) is 4.66. The molecule has 0 amide bonds. The average molecular weight is 355 g/mol. The lowest BCUT2D eigenvalue weighted by Gasteiger charge is -2.21. The van der Waals surface area contributed by atoms with Crippen LogP contribution in [0, 0.1) is 0 Å². The summed E-state index contributed by atoms with van der Waals surface area (Å²) in [4.78, 5) is 1.29. The van der Waals surface area contributed by atoms with Crippen molar-refractivity contribution < 1.29 is 14.6 Å². The minimum absolute atomic E-state index is 0.496. The first kappa shape index (κ1) is 13.9. The van der Waals surface area contributed by atoms with E-state index in [1.54, 1.807) is 11.3 Å². The molecule has 2 heterocycles. The maximum Gasteiger partial charge on any atom is 0.175 e. The minimum atomic E-state index is -0.496. The first-order valence-electron chi connectivity index (χ1n) is 6.53. The van der Waals surface area contributed by atoms with Crippen molar-refractivity contribution in [1.82, 2.24) is 0 Å². The first-order valence-corrected chi connectivity index (χ1v) is 8.21. The van der Waals surface area contributed by atoms with Gasteiger partial charge in [0.15, 0.2) is 11.5 Å². The first-order chi connectivity index (χ1) is 9.74. The zero-order valence-electron chi connectivity index (χ0n) is 10.8. The molecule has 2 aromatic rings. The van der Waals surface area contributed by atoms with E-state index in [-0.39, 0.29) is 0 Å². The van der Waals surface area contributed by atoms with Crippen molar-refractivity contribution in [1.29, 1.82) is 0 Å². The summed E-state index contributed by atoms with van der Waals surface area (Å²) in [6.07, 6.45) is 1.08. The molecule has 1 N–H and O–H groups in total. The Morgan fingerprint density at radius 1 is 1.30 bits per heavy atom. The molecule has 0 bridgehead atoms. The molecule has 0 radical (unpaired) electrons. The molecular formula is C15H15BrO3S. The summed E-state index contributed by atoms with van der Waals surface area (Å²) in [5.74, 6) is 1.43. The molecule has 106 valence electrons. The molecule has 1 aliphatic heterocycles. The molecule has 0 aliphatic carbocycles. The zero-order valence-corrected chi connectivity index (χ0v) is 13.2. The van der Waals surface area contributed by atoms with E-state index in [4.69, 9.17) is 9.47 Å². The van der Waals surface area contributed by atoms with E-state index in [1.165, 1.54) is 4.88 Å². The molecule has 1 aliphatic rings. The van der Waals surface area contributed by atoms with Gasteiger partial charge in [-0.1, -0.05) is 6.07 Å². The van der Waals surface area contributed by atoms with Gasteiger partial charge in [-0.2, -0.15) is 0 Å². The van der Waals surface area contributed by atoms with Crippen LogP contribution in [0.5, 0.6) is 11.5 Å². The number of thiophene rings is 1. The van der Waals surface area contributed by atoms with Gasteiger partial charge in [0.25, 0.3) is 0 Å². The molecule has 1 atom stereocenters. The Morgan fingerprint density at radius 2 is 2.15 bits per heavy atom. The van der Waals surface area contributed by atoms with Crippen LogP contribution in [0.25, 0.3) is 0 Å². The lowest BCUT2D eigenvalue weighted by Crippen LogP contribution is -2.16. The maximum atomic E-state index is 10.3. The van der Waals surface area contributed by atoms with Gasteiger partial charge in [-0.05, 0) is 57.9 Å². The Bertz CT molecular complexity index is 583. The highest BCUT2D eigenvalue weighted by atomic mass is 79.9. The van der Waals surface area contributed by atoms with Gasteiger partial charge in [0.2, 0.25) is 0 Å². The van der Waals surface area contributed by atoms with Crippen molar-refractivity contribution in [2.75, 3.05) is 13.2 Å². The van der Waals surface area contributed by atoms with Gasteiger partial charge in [0.05, 0.1) is 10.6 Å². The Morgan fingerprint density at radius 3 is 2.95 bits per heavy atom. The fraction of sp³-hybridized carbons (Fsp3) is 0.333. The second-order valence-corrected chi connectivity index (χ2v) is 6.55. The Kier molecular flexibility index (Phi) is 4.29. The highest BCUT2D eigenvalue weighted by Gasteiger charge is 2.19. The number of halogens is 1. The summed E-state index contributed by atoms with van der Waals surface area (Å²) in [7, 11) is 0. The molecule has 1 aromatic carbocycles. The normalized spacial score (nSPS) is 15.1. The van der Waals surface area contributed by atoms with E-state index in [9.17, 15) is 5.11 Å². The van der Waals surface area contributed by atoms with Gasteiger partial charge in [-0.25, -0.2) is 0 Å².